The van der Waals surface area contributed by atoms with E-state index < -0.39 is 0 Å². The van der Waals surface area contributed by atoms with Gasteiger partial charge in [0.1, 0.15) is 6.10 Å². The zero-order chi connectivity index (χ0) is 15.5. The maximum atomic E-state index is 12.2. The van der Waals surface area contributed by atoms with Gasteiger partial charge < -0.3 is 9.47 Å². The van der Waals surface area contributed by atoms with Gasteiger partial charge in [-0.15, -0.1) is 0 Å². The molecule has 1 aromatic carbocycles. The van der Waals surface area contributed by atoms with Crippen molar-refractivity contribution in [3.63, 3.8) is 0 Å². The van der Waals surface area contributed by atoms with Crippen LogP contribution in [0.25, 0.3) is 0 Å². The van der Waals surface area contributed by atoms with E-state index >= 15 is 0 Å². The number of benzene rings is 1. The molecule has 0 saturated carbocycles. The van der Waals surface area contributed by atoms with Gasteiger partial charge in [0.05, 0.1) is 12.2 Å². The Labute approximate surface area is 128 Å². The van der Waals surface area contributed by atoms with Crippen molar-refractivity contribution in [3.8, 4) is 0 Å². The molecule has 0 fully saturated rings. The van der Waals surface area contributed by atoms with Gasteiger partial charge in [-0.2, -0.15) is 0 Å². The number of carbonyl (C=O) groups is 1. The zero-order valence-electron chi connectivity index (χ0n) is 13.6. The molecule has 21 heavy (non-hydrogen) atoms. The summed E-state index contributed by atoms with van der Waals surface area (Å²) in [7, 11) is 1.64. The molecule has 3 nitrogen and oxygen atoms in total. The van der Waals surface area contributed by atoms with E-state index in [0.717, 1.165) is 18.4 Å². The van der Waals surface area contributed by atoms with Crippen LogP contribution >= 0.6 is 0 Å². The van der Waals surface area contributed by atoms with Crippen LogP contribution < -0.4 is 0 Å². The third kappa shape index (κ3) is 6.76. The van der Waals surface area contributed by atoms with E-state index in [0.29, 0.717) is 12.2 Å². The molecule has 1 atom stereocenters. The molecule has 0 spiro atoms. The predicted octanol–water partition coefficient (Wildman–Crippen LogP) is 4.53. The van der Waals surface area contributed by atoms with Crippen LogP contribution in [-0.4, -0.2) is 25.8 Å². The van der Waals surface area contributed by atoms with Crippen molar-refractivity contribution in [1.82, 2.24) is 0 Å². The van der Waals surface area contributed by atoms with Gasteiger partial charge in [0.25, 0.3) is 0 Å². The summed E-state index contributed by atoms with van der Waals surface area (Å²) in [5, 5.41) is 0. The largest absolute Gasteiger partial charge is 0.456 e. The Balaban J connectivity index is 2.46. The summed E-state index contributed by atoms with van der Waals surface area (Å²) in [6, 6.07) is 7.52. The highest BCUT2D eigenvalue weighted by Gasteiger charge is 2.17. The predicted molar refractivity (Wildman–Crippen MR) is 85.6 cm³/mol. The van der Waals surface area contributed by atoms with Crippen LogP contribution in [0.3, 0.4) is 0 Å². The van der Waals surface area contributed by atoms with Crippen LogP contribution in [0.4, 0.5) is 0 Å². The molecule has 1 unspecified atom stereocenters. The number of aryl methyl sites for hydroxylation is 1. The van der Waals surface area contributed by atoms with Crippen molar-refractivity contribution >= 4 is 5.97 Å². The lowest BCUT2D eigenvalue weighted by molar-refractivity contribution is 0.00231. The molecular formula is C18H28O3. The lowest BCUT2D eigenvalue weighted by atomic mass is 10.1. The summed E-state index contributed by atoms with van der Waals surface area (Å²) >= 11 is 0. The van der Waals surface area contributed by atoms with E-state index in [-0.39, 0.29) is 12.1 Å². The second kappa shape index (κ2) is 10.4. The Morgan fingerprint density at radius 2 is 1.86 bits per heavy atom. The number of esters is 1. The van der Waals surface area contributed by atoms with Crippen molar-refractivity contribution in [3.05, 3.63) is 35.4 Å². The molecule has 0 N–H and O–H groups in total. The SMILES string of the molecule is CCCCCCCC(COC)OC(=O)c1ccccc1C. The topological polar surface area (TPSA) is 35.5 Å². The molecule has 118 valence electrons. The van der Waals surface area contributed by atoms with Gasteiger partial charge in [0.15, 0.2) is 0 Å². The maximum Gasteiger partial charge on any atom is 0.338 e. The van der Waals surface area contributed by atoms with Crippen molar-refractivity contribution in [1.29, 1.82) is 0 Å². The van der Waals surface area contributed by atoms with Crippen LogP contribution in [0, 0.1) is 6.92 Å². The van der Waals surface area contributed by atoms with E-state index in [1.807, 2.05) is 31.2 Å². The molecule has 0 radical (unpaired) electrons. The minimum atomic E-state index is -0.247. The van der Waals surface area contributed by atoms with E-state index in [2.05, 4.69) is 6.92 Å². The first kappa shape index (κ1) is 17.7. The molecule has 0 amide bonds. The number of ether oxygens (including phenoxy) is 2. The first-order valence-corrected chi connectivity index (χ1v) is 7.94. The maximum absolute atomic E-state index is 12.2. The fraction of sp³-hybridized carbons (Fsp3) is 0.611. The highest BCUT2D eigenvalue weighted by Crippen LogP contribution is 2.14. The van der Waals surface area contributed by atoms with Crippen LogP contribution in [0.1, 0.15) is 61.4 Å². The van der Waals surface area contributed by atoms with Crippen LogP contribution in [-0.2, 0) is 9.47 Å². The van der Waals surface area contributed by atoms with Crippen molar-refractivity contribution in [2.45, 2.75) is 58.5 Å². The van der Waals surface area contributed by atoms with E-state index in [1.54, 1.807) is 7.11 Å². The molecule has 0 aliphatic rings. The highest BCUT2D eigenvalue weighted by atomic mass is 16.6. The third-order valence-electron chi connectivity index (χ3n) is 3.62. The molecule has 0 saturated heterocycles. The molecule has 0 bridgehead atoms. The van der Waals surface area contributed by atoms with Gasteiger partial charge in [0.2, 0.25) is 0 Å². The molecule has 1 aromatic rings. The third-order valence-corrected chi connectivity index (χ3v) is 3.62. The summed E-state index contributed by atoms with van der Waals surface area (Å²) in [5.74, 6) is -0.247. The summed E-state index contributed by atoms with van der Waals surface area (Å²) in [6.07, 6.45) is 6.76. The first-order chi connectivity index (χ1) is 10.2. The van der Waals surface area contributed by atoms with Gasteiger partial charge >= 0.3 is 5.97 Å². The fourth-order valence-corrected chi connectivity index (χ4v) is 2.35. The van der Waals surface area contributed by atoms with Crippen molar-refractivity contribution in [2.75, 3.05) is 13.7 Å². The summed E-state index contributed by atoms with van der Waals surface area (Å²) in [5.41, 5.74) is 1.59. The average molecular weight is 292 g/mol. The van der Waals surface area contributed by atoms with Gasteiger partial charge in [-0.3, -0.25) is 0 Å². The number of rotatable bonds is 10. The van der Waals surface area contributed by atoms with Crippen LogP contribution in [0.2, 0.25) is 0 Å². The monoisotopic (exact) mass is 292 g/mol. The first-order valence-electron chi connectivity index (χ1n) is 7.94. The quantitative estimate of drug-likeness (QED) is 0.469. The van der Waals surface area contributed by atoms with Crippen molar-refractivity contribution < 1.29 is 14.3 Å². The molecule has 0 aromatic heterocycles. The second-order valence-electron chi connectivity index (χ2n) is 5.50. The number of methoxy groups -OCH3 is 1. The summed E-state index contributed by atoms with van der Waals surface area (Å²) < 4.78 is 10.8. The minimum absolute atomic E-state index is 0.149. The van der Waals surface area contributed by atoms with Gasteiger partial charge in [-0.1, -0.05) is 50.8 Å². The highest BCUT2D eigenvalue weighted by molar-refractivity contribution is 5.91. The van der Waals surface area contributed by atoms with Gasteiger partial charge in [0, 0.05) is 7.11 Å². The van der Waals surface area contributed by atoms with Crippen LogP contribution in [0.5, 0.6) is 0 Å². The summed E-state index contributed by atoms with van der Waals surface area (Å²) in [6.45, 7) is 4.59. The zero-order valence-corrected chi connectivity index (χ0v) is 13.6. The number of hydrogen-bond acceptors (Lipinski definition) is 3. The smallest absolute Gasteiger partial charge is 0.338 e. The molecule has 0 heterocycles. The van der Waals surface area contributed by atoms with E-state index in [4.69, 9.17) is 9.47 Å². The molecule has 1 rings (SSSR count). The fourth-order valence-electron chi connectivity index (χ4n) is 2.35. The summed E-state index contributed by atoms with van der Waals surface area (Å²) in [4.78, 5) is 12.2. The number of unbranched alkanes of at least 4 members (excludes halogenated alkanes) is 4. The Bertz CT molecular complexity index is 415. The molecular weight excluding hydrogens is 264 g/mol. The second-order valence-corrected chi connectivity index (χ2v) is 5.50. The van der Waals surface area contributed by atoms with E-state index in [1.165, 1.54) is 25.7 Å². The average Bonchev–Trinajstić information content (AvgIpc) is 2.47. The lowest BCUT2D eigenvalue weighted by Gasteiger charge is -2.17. The Hall–Kier alpha value is -1.35. The molecule has 0 aliphatic heterocycles. The molecule has 0 aliphatic carbocycles. The molecule has 3 heteroatoms. The number of carbonyl (C=O) groups excluding carboxylic acids is 1. The Morgan fingerprint density at radius 3 is 2.52 bits per heavy atom. The van der Waals surface area contributed by atoms with Gasteiger partial charge in [-0.05, 0) is 31.4 Å². The van der Waals surface area contributed by atoms with Crippen molar-refractivity contribution in [2.24, 2.45) is 0 Å². The normalized spacial score (nSPS) is 12.1. The van der Waals surface area contributed by atoms with E-state index in [9.17, 15) is 4.79 Å². The Morgan fingerprint density at radius 1 is 1.14 bits per heavy atom. The standard InChI is InChI=1S/C18H28O3/c1-4-5-6-7-8-12-16(14-20-3)21-18(19)17-13-10-9-11-15(17)2/h9-11,13,16H,4-8,12,14H2,1-3H3. The number of hydrogen-bond donors (Lipinski definition) is 0. The lowest BCUT2D eigenvalue weighted by Crippen LogP contribution is -2.23. The van der Waals surface area contributed by atoms with Crippen LogP contribution in [0.15, 0.2) is 24.3 Å². The Kier molecular flexibility index (Phi) is 8.76. The van der Waals surface area contributed by atoms with Gasteiger partial charge in [-0.25, -0.2) is 4.79 Å². The minimum Gasteiger partial charge on any atom is -0.456 e.